The van der Waals surface area contributed by atoms with Gasteiger partial charge in [-0.05, 0) is 51.5 Å². The number of carbonyl (C=O) groups excluding carboxylic acids is 1. The molecule has 31 heavy (non-hydrogen) atoms. The molecular formula is C22H30N6O2S. The van der Waals surface area contributed by atoms with Gasteiger partial charge in [0.05, 0.1) is 17.7 Å². The molecule has 0 saturated heterocycles. The molecule has 0 unspecified atom stereocenters. The molecule has 2 aromatic heterocycles. The molecule has 2 heterocycles. The molecule has 1 amide bonds. The molecule has 3 aromatic rings. The monoisotopic (exact) mass is 442 g/mol. The van der Waals surface area contributed by atoms with Crippen LogP contribution in [0.15, 0.2) is 29.4 Å². The van der Waals surface area contributed by atoms with Gasteiger partial charge in [-0.2, -0.15) is 5.10 Å². The number of nitrogens with zero attached hydrogens (tertiary/aromatic N) is 4. The number of nitrogens with one attached hydrogen (secondary N) is 2. The molecule has 0 saturated carbocycles. The van der Waals surface area contributed by atoms with Crippen molar-refractivity contribution >= 4 is 28.7 Å². The first-order valence-electron chi connectivity index (χ1n) is 10.7. The van der Waals surface area contributed by atoms with Crippen LogP contribution in [0.2, 0.25) is 0 Å². The lowest BCUT2D eigenvalue weighted by Gasteiger charge is -2.21. The van der Waals surface area contributed by atoms with Crippen molar-refractivity contribution in [2.75, 3.05) is 25.4 Å². The van der Waals surface area contributed by atoms with Crippen molar-refractivity contribution in [1.29, 1.82) is 5.41 Å². The van der Waals surface area contributed by atoms with Crippen LogP contribution in [0.5, 0.6) is 5.75 Å². The number of benzene rings is 1. The highest BCUT2D eigenvalue weighted by atomic mass is 32.2. The fourth-order valence-corrected chi connectivity index (χ4v) is 4.26. The number of ether oxygens (including phenoxy) is 1. The summed E-state index contributed by atoms with van der Waals surface area (Å²) in [6, 6.07) is 7.55. The fraction of sp³-hybridized carbons (Fsp3) is 0.455. The largest absolute Gasteiger partial charge is 0.494 e. The van der Waals surface area contributed by atoms with Crippen molar-refractivity contribution in [2.24, 2.45) is 0 Å². The van der Waals surface area contributed by atoms with Crippen molar-refractivity contribution in [3.63, 3.8) is 0 Å². The van der Waals surface area contributed by atoms with Crippen LogP contribution in [0.1, 0.15) is 39.3 Å². The quantitative estimate of drug-likeness (QED) is 0.369. The summed E-state index contributed by atoms with van der Waals surface area (Å²) in [7, 11) is 0. The van der Waals surface area contributed by atoms with Gasteiger partial charge in [0, 0.05) is 24.5 Å². The van der Waals surface area contributed by atoms with Gasteiger partial charge >= 0.3 is 0 Å². The predicted octanol–water partition coefficient (Wildman–Crippen LogP) is 3.68. The number of aromatic nitrogens is 4. The average molecular weight is 443 g/mol. The lowest BCUT2D eigenvalue weighted by molar-refractivity contribution is -0.128. The number of unbranched alkanes of at least 4 members (excludes halogenated alkanes) is 1. The zero-order chi connectivity index (χ0) is 22.4. The van der Waals surface area contributed by atoms with Crippen molar-refractivity contribution in [2.45, 2.75) is 45.7 Å². The second-order valence-corrected chi connectivity index (χ2v) is 8.11. The maximum Gasteiger partial charge on any atom is 0.233 e. The molecule has 166 valence electrons. The summed E-state index contributed by atoms with van der Waals surface area (Å²) in [6.45, 7) is 9.97. The van der Waals surface area contributed by atoms with E-state index in [0.717, 1.165) is 36.5 Å². The van der Waals surface area contributed by atoms with Gasteiger partial charge in [-0.15, -0.1) is 0 Å². The Morgan fingerprint density at radius 3 is 2.65 bits per heavy atom. The molecule has 0 bridgehead atoms. The van der Waals surface area contributed by atoms with Crippen LogP contribution < -0.4 is 10.2 Å². The Kier molecular flexibility index (Phi) is 7.73. The second-order valence-electron chi connectivity index (χ2n) is 7.17. The Hall–Kier alpha value is -2.81. The van der Waals surface area contributed by atoms with Crippen LogP contribution in [0.25, 0.3) is 16.7 Å². The normalized spacial score (nSPS) is 11.1. The van der Waals surface area contributed by atoms with E-state index in [1.54, 1.807) is 4.57 Å². The van der Waals surface area contributed by atoms with Crippen molar-refractivity contribution in [1.82, 2.24) is 24.6 Å². The molecule has 0 fully saturated rings. The van der Waals surface area contributed by atoms with E-state index in [0.29, 0.717) is 29.3 Å². The third kappa shape index (κ3) is 5.10. The predicted molar refractivity (Wildman–Crippen MR) is 123 cm³/mol. The van der Waals surface area contributed by atoms with E-state index in [9.17, 15) is 4.79 Å². The van der Waals surface area contributed by atoms with Gasteiger partial charge in [0.2, 0.25) is 5.91 Å². The first kappa shape index (κ1) is 22.9. The first-order chi connectivity index (χ1) is 15.0. The number of aryl methyl sites for hydroxylation is 1. The lowest BCUT2D eigenvalue weighted by Crippen LogP contribution is -2.33. The van der Waals surface area contributed by atoms with E-state index in [4.69, 9.17) is 10.1 Å². The van der Waals surface area contributed by atoms with Gasteiger partial charge in [0.25, 0.3) is 0 Å². The van der Waals surface area contributed by atoms with Crippen LogP contribution in [-0.4, -0.2) is 56.0 Å². The van der Waals surface area contributed by atoms with Gasteiger partial charge in [0.1, 0.15) is 11.2 Å². The van der Waals surface area contributed by atoms with E-state index >= 15 is 0 Å². The van der Waals surface area contributed by atoms with E-state index in [1.165, 1.54) is 11.8 Å². The topological polar surface area (TPSA) is 99.9 Å². The van der Waals surface area contributed by atoms with E-state index in [-0.39, 0.29) is 17.1 Å². The molecule has 0 aliphatic rings. The molecule has 8 nitrogen and oxygen atoms in total. The van der Waals surface area contributed by atoms with Gasteiger partial charge in [-0.25, -0.2) is 4.98 Å². The number of aromatic amines is 1. The Balaban J connectivity index is 1.97. The maximum absolute atomic E-state index is 12.8. The zero-order valence-electron chi connectivity index (χ0n) is 18.6. The van der Waals surface area contributed by atoms with Crippen LogP contribution in [0.4, 0.5) is 0 Å². The summed E-state index contributed by atoms with van der Waals surface area (Å²) in [4.78, 5) is 19.3. The Morgan fingerprint density at radius 1 is 1.26 bits per heavy atom. The Morgan fingerprint density at radius 2 is 2.00 bits per heavy atom. The molecule has 0 aliphatic carbocycles. The Bertz CT molecular complexity index is 1090. The summed E-state index contributed by atoms with van der Waals surface area (Å²) in [5.74, 6) is 1.10. The SMILES string of the molecule is CCCCN(CC)C(=O)CSc1nc2n[nH]c(C)c2c(=N)n1-c1ccc(OCC)cc1. The van der Waals surface area contributed by atoms with E-state index in [1.807, 2.05) is 49.9 Å². The number of hydrogen-bond donors (Lipinski definition) is 2. The highest BCUT2D eigenvalue weighted by molar-refractivity contribution is 7.99. The van der Waals surface area contributed by atoms with Crippen LogP contribution in [0.3, 0.4) is 0 Å². The number of thioether (sulfide) groups is 1. The van der Waals surface area contributed by atoms with Crippen molar-refractivity contribution < 1.29 is 9.53 Å². The highest BCUT2D eigenvalue weighted by Crippen LogP contribution is 2.23. The maximum atomic E-state index is 12.8. The lowest BCUT2D eigenvalue weighted by atomic mass is 10.2. The fourth-order valence-electron chi connectivity index (χ4n) is 3.35. The molecule has 0 spiro atoms. The summed E-state index contributed by atoms with van der Waals surface area (Å²) in [5.41, 5.74) is 2.35. The smallest absolute Gasteiger partial charge is 0.233 e. The first-order valence-corrected chi connectivity index (χ1v) is 11.6. The van der Waals surface area contributed by atoms with Crippen LogP contribution in [-0.2, 0) is 4.79 Å². The molecular weight excluding hydrogens is 412 g/mol. The molecule has 2 N–H and O–H groups in total. The number of hydrogen-bond acceptors (Lipinski definition) is 6. The van der Waals surface area contributed by atoms with E-state index in [2.05, 4.69) is 22.1 Å². The third-order valence-corrected chi connectivity index (χ3v) is 5.95. The number of rotatable bonds is 10. The number of amides is 1. The molecule has 1 aromatic carbocycles. The molecule has 3 rings (SSSR count). The summed E-state index contributed by atoms with van der Waals surface area (Å²) in [6.07, 6.45) is 2.04. The van der Waals surface area contributed by atoms with Crippen LogP contribution >= 0.6 is 11.8 Å². The van der Waals surface area contributed by atoms with Crippen molar-refractivity contribution in [3.05, 3.63) is 35.4 Å². The van der Waals surface area contributed by atoms with Crippen molar-refractivity contribution in [3.8, 4) is 11.4 Å². The molecule has 0 atom stereocenters. The summed E-state index contributed by atoms with van der Waals surface area (Å²) >= 11 is 1.34. The zero-order valence-corrected chi connectivity index (χ0v) is 19.4. The standard InChI is InChI=1S/C22H30N6O2S/c1-5-8-13-27(6-2)18(29)14-31-22-24-21-19(15(4)25-26-21)20(23)28(22)16-9-11-17(12-10-16)30-7-3/h9-12,23H,5-8,13-14H2,1-4H3,(H,25,26). The Labute approximate surface area is 186 Å². The van der Waals surface area contributed by atoms with Gasteiger partial charge in [-0.1, -0.05) is 25.1 Å². The molecule has 0 radical (unpaired) electrons. The molecule has 0 aliphatic heterocycles. The number of fused-ring (bicyclic) bond motifs is 1. The van der Waals surface area contributed by atoms with E-state index < -0.39 is 0 Å². The summed E-state index contributed by atoms with van der Waals surface area (Å²) in [5, 5.41) is 17.2. The minimum absolute atomic E-state index is 0.0748. The minimum Gasteiger partial charge on any atom is -0.494 e. The number of H-pyrrole nitrogens is 1. The molecule has 9 heteroatoms. The average Bonchev–Trinajstić information content (AvgIpc) is 3.14. The number of carbonyl (C=O) groups is 1. The third-order valence-electron chi connectivity index (χ3n) is 5.03. The summed E-state index contributed by atoms with van der Waals surface area (Å²) < 4.78 is 7.31. The minimum atomic E-state index is 0.0748. The van der Waals surface area contributed by atoms with Gasteiger partial charge in [-0.3, -0.25) is 19.9 Å². The second kappa shape index (κ2) is 10.5. The van der Waals surface area contributed by atoms with Gasteiger partial charge in [0.15, 0.2) is 10.8 Å². The van der Waals surface area contributed by atoms with Crippen LogP contribution in [0, 0.1) is 12.3 Å². The highest BCUT2D eigenvalue weighted by Gasteiger charge is 2.18. The van der Waals surface area contributed by atoms with Gasteiger partial charge < -0.3 is 9.64 Å².